The van der Waals surface area contributed by atoms with Gasteiger partial charge in [0.1, 0.15) is 24.6 Å². The second-order valence-electron chi connectivity index (χ2n) is 6.23. The normalized spacial score (nSPS) is 10.9. The summed E-state index contributed by atoms with van der Waals surface area (Å²) in [5.41, 5.74) is 2.13. The molecule has 0 aliphatic heterocycles. The van der Waals surface area contributed by atoms with Crippen molar-refractivity contribution in [2.75, 3.05) is 13.2 Å². The molecule has 0 saturated heterocycles. The third-order valence-electron chi connectivity index (χ3n) is 4.01. The fourth-order valence-corrected chi connectivity index (χ4v) is 2.55. The van der Waals surface area contributed by atoms with Crippen LogP contribution in [0.25, 0.3) is 12.2 Å². The standard InChI is InChI=1S/C25H21NO4/c27-24(29-18-8-14-20-10-3-1-4-11-20)22-16-7-17-23(26-22)25(28)30-19-9-15-21-12-5-2-6-13-21/h1-17H,18-19H2. The fourth-order valence-electron chi connectivity index (χ4n) is 2.55. The van der Waals surface area contributed by atoms with Crippen LogP contribution in [0.1, 0.15) is 32.1 Å². The summed E-state index contributed by atoms with van der Waals surface area (Å²) in [5.74, 6) is -1.21. The van der Waals surface area contributed by atoms with Crippen LogP contribution in [0.4, 0.5) is 0 Å². The van der Waals surface area contributed by atoms with Crippen molar-refractivity contribution >= 4 is 24.1 Å². The number of nitrogens with zero attached hydrogens (tertiary/aromatic N) is 1. The first-order chi connectivity index (χ1) is 14.7. The van der Waals surface area contributed by atoms with E-state index in [9.17, 15) is 9.59 Å². The zero-order valence-electron chi connectivity index (χ0n) is 16.3. The van der Waals surface area contributed by atoms with Gasteiger partial charge in [-0.25, -0.2) is 14.6 Å². The summed E-state index contributed by atoms with van der Waals surface area (Å²) in [6.45, 7) is 0.211. The number of ether oxygens (including phenoxy) is 2. The van der Waals surface area contributed by atoms with Gasteiger partial charge >= 0.3 is 11.9 Å². The van der Waals surface area contributed by atoms with E-state index in [4.69, 9.17) is 9.47 Å². The Bertz CT molecular complexity index is 947. The van der Waals surface area contributed by atoms with E-state index in [-0.39, 0.29) is 24.6 Å². The summed E-state index contributed by atoms with van der Waals surface area (Å²) < 4.78 is 10.4. The maximum absolute atomic E-state index is 12.2. The van der Waals surface area contributed by atoms with E-state index < -0.39 is 11.9 Å². The van der Waals surface area contributed by atoms with Crippen molar-refractivity contribution in [3.63, 3.8) is 0 Å². The zero-order valence-corrected chi connectivity index (χ0v) is 16.3. The second kappa shape index (κ2) is 11.1. The minimum Gasteiger partial charge on any atom is -0.457 e. The lowest BCUT2D eigenvalue weighted by atomic mass is 10.2. The number of aromatic nitrogens is 1. The highest BCUT2D eigenvalue weighted by atomic mass is 16.5. The van der Waals surface area contributed by atoms with E-state index in [0.717, 1.165) is 11.1 Å². The van der Waals surface area contributed by atoms with Gasteiger partial charge in [0.15, 0.2) is 0 Å². The number of esters is 2. The number of carbonyl (C=O) groups excluding carboxylic acids is 2. The van der Waals surface area contributed by atoms with E-state index in [0.29, 0.717) is 0 Å². The van der Waals surface area contributed by atoms with Crippen LogP contribution in [-0.2, 0) is 9.47 Å². The molecule has 0 fully saturated rings. The molecule has 0 saturated carbocycles. The molecule has 0 radical (unpaired) electrons. The minimum absolute atomic E-state index is 0.0531. The average molecular weight is 399 g/mol. The lowest BCUT2D eigenvalue weighted by Crippen LogP contribution is -2.12. The Kier molecular flexibility index (Phi) is 7.69. The Labute approximate surface area is 175 Å². The molecular weight excluding hydrogens is 378 g/mol. The number of carbonyl (C=O) groups is 2. The minimum atomic E-state index is -0.605. The molecule has 1 aromatic heterocycles. The molecule has 0 N–H and O–H groups in total. The Morgan fingerprint density at radius 3 is 1.50 bits per heavy atom. The van der Waals surface area contributed by atoms with Gasteiger partial charge in [0.25, 0.3) is 0 Å². The van der Waals surface area contributed by atoms with Crippen LogP contribution in [0, 0.1) is 0 Å². The van der Waals surface area contributed by atoms with Crippen molar-refractivity contribution in [2.24, 2.45) is 0 Å². The van der Waals surface area contributed by atoms with E-state index >= 15 is 0 Å². The molecule has 5 nitrogen and oxygen atoms in total. The number of hydrogen-bond donors (Lipinski definition) is 0. The number of rotatable bonds is 8. The first kappa shape index (κ1) is 20.7. The first-order valence-electron chi connectivity index (χ1n) is 9.47. The number of benzene rings is 2. The topological polar surface area (TPSA) is 65.5 Å². The maximum Gasteiger partial charge on any atom is 0.357 e. The van der Waals surface area contributed by atoms with Gasteiger partial charge in [0, 0.05) is 0 Å². The van der Waals surface area contributed by atoms with E-state index in [1.807, 2.05) is 72.8 Å². The Balaban J connectivity index is 1.49. The van der Waals surface area contributed by atoms with Crippen molar-refractivity contribution in [2.45, 2.75) is 0 Å². The predicted octanol–water partition coefficient (Wildman–Crippen LogP) is 4.82. The van der Waals surface area contributed by atoms with Crippen molar-refractivity contribution in [1.29, 1.82) is 0 Å². The second-order valence-corrected chi connectivity index (χ2v) is 6.23. The van der Waals surface area contributed by atoms with Crippen LogP contribution < -0.4 is 0 Å². The molecular formula is C25H21NO4. The van der Waals surface area contributed by atoms with Gasteiger partial charge in [0.2, 0.25) is 0 Å². The summed E-state index contributed by atoms with van der Waals surface area (Å²) in [5, 5.41) is 0. The molecule has 0 amide bonds. The summed E-state index contributed by atoms with van der Waals surface area (Å²) in [4.78, 5) is 28.4. The van der Waals surface area contributed by atoms with Crippen molar-refractivity contribution < 1.29 is 19.1 Å². The predicted molar refractivity (Wildman–Crippen MR) is 116 cm³/mol. The highest BCUT2D eigenvalue weighted by molar-refractivity contribution is 5.91. The molecule has 5 heteroatoms. The molecule has 3 aromatic rings. The van der Waals surface area contributed by atoms with Gasteiger partial charge < -0.3 is 9.47 Å². The van der Waals surface area contributed by atoms with Crippen LogP contribution in [0.5, 0.6) is 0 Å². The smallest absolute Gasteiger partial charge is 0.357 e. The summed E-state index contributed by atoms with van der Waals surface area (Å²) in [6, 6.07) is 23.9. The summed E-state index contributed by atoms with van der Waals surface area (Å²) in [7, 11) is 0. The largest absolute Gasteiger partial charge is 0.457 e. The molecule has 0 unspecified atom stereocenters. The maximum atomic E-state index is 12.2. The van der Waals surface area contributed by atoms with Gasteiger partial charge in [-0.1, -0.05) is 78.9 Å². The quantitative estimate of drug-likeness (QED) is 0.508. The van der Waals surface area contributed by atoms with Gasteiger partial charge in [-0.05, 0) is 35.4 Å². The first-order valence-corrected chi connectivity index (χ1v) is 9.47. The van der Waals surface area contributed by atoms with Crippen LogP contribution in [0.15, 0.2) is 91.0 Å². The molecule has 3 rings (SSSR count). The van der Waals surface area contributed by atoms with Crippen molar-refractivity contribution in [3.05, 3.63) is 114 Å². The van der Waals surface area contributed by atoms with Gasteiger partial charge in [0.05, 0.1) is 0 Å². The molecule has 0 bridgehead atoms. The fraction of sp³-hybridized carbons (Fsp3) is 0.0800. The third kappa shape index (κ3) is 6.56. The molecule has 0 atom stereocenters. The monoisotopic (exact) mass is 399 g/mol. The number of pyridine rings is 1. The van der Waals surface area contributed by atoms with Crippen molar-refractivity contribution in [3.8, 4) is 0 Å². The summed E-state index contributed by atoms with van der Waals surface area (Å²) in [6.07, 6.45) is 7.20. The van der Waals surface area contributed by atoms with Crippen molar-refractivity contribution in [1.82, 2.24) is 4.98 Å². The van der Waals surface area contributed by atoms with E-state index in [1.54, 1.807) is 18.2 Å². The Morgan fingerprint density at radius 2 is 1.07 bits per heavy atom. The Morgan fingerprint density at radius 1 is 0.633 bits per heavy atom. The molecule has 0 aliphatic carbocycles. The highest BCUT2D eigenvalue weighted by Crippen LogP contribution is 2.06. The highest BCUT2D eigenvalue weighted by Gasteiger charge is 2.13. The van der Waals surface area contributed by atoms with E-state index in [2.05, 4.69) is 4.98 Å². The molecule has 30 heavy (non-hydrogen) atoms. The Hall–Kier alpha value is -3.99. The SMILES string of the molecule is O=C(OCC=Cc1ccccc1)c1cccc(C(=O)OCC=Cc2ccccc2)n1. The van der Waals surface area contributed by atoms with Gasteiger partial charge in [-0.3, -0.25) is 0 Å². The molecule has 0 spiro atoms. The summed E-state index contributed by atoms with van der Waals surface area (Å²) >= 11 is 0. The van der Waals surface area contributed by atoms with Crippen LogP contribution in [-0.4, -0.2) is 30.1 Å². The van der Waals surface area contributed by atoms with Crippen LogP contribution >= 0.6 is 0 Å². The van der Waals surface area contributed by atoms with Gasteiger partial charge in [-0.2, -0.15) is 0 Å². The molecule has 0 aliphatic rings. The third-order valence-corrected chi connectivity index (χ3v) is 4.01. The molecule has 1 heterocycles. The van der Waals surface area contributed by atoms with Crippen LogP contribution in [0.2, 0.25) is 0 Å². The number of hydrogen-bond acceptors (Lipinski definition) is 5. The molecule has 150 valence electrons. The van der Waals surface area contributed by atoms with E-state index in [1.165, 1.54) is 12.1 Å². The van der Waals surface area contributed by atoms with Crippen LogP contribution in [0.3, 0.4) is 0 Å². The lowest BCUT2D eigenvalue weighted by molar-refractivity contribution is 0.0535. The molecule has 2 aromatic carbocycles. The lowest BCUT2D eigenvalue weighted by Gasteiger charge is -2.04. The average Bonchev–Trinajstić information content (AvgIpc) is 2.81. The van der Waals surface area contributed by atoms with Gasteiger partial charge in [-0.15, -0.1) is 0 Å². The zero-order chi connectivity index (χ0) is 21.0.